The molecule has 98 valence electrons. The third-order valence-corrected chi connectivity index (χ3v) is 4.50. The first-order valence-corrected chi connectivity index (χ1v) is 6.96. The van der Waals surface area contributed by atoms with E-state index in [1.807, 2.05) is 0 Å². The molecular formula is C15H23N3. The molecule has 1 fully saturated rings. The van der Waals surface area contributed by atoms with Crippen molar-refractivity contribution in [2.24, 2.45) is 5.73 Å². The average Bonchev–Trinajstić information content (AvgIpc) is 2.71. The van der Waals surface area contributed by atoms with E-state index in [9.17, 15) is 0 Å². The Balaban J connectivity index is 1.92. The van der Waals surface area contributed by atoms with E-state index in [-0.39, 0.29) is 6.04 Å². The summed E-state index contributed by atoms with van der Waals surface area (Å²) in [6.45, 7) is 2.31. The van der Waals surface area contributed by atoms with Gasteiger partial charge in [-0.25, -0.2) is 0 Å². The first kappa shape index (κ1) is 12.0. The van der Waals surface area contributed by atoms with Gasteiger partial charge in [-0.3, -0.25) is 4.90 Å². The zero-order valence-corrected chi connectivity index (χ0v) is 11.4. The molecule has 1 aromatic carbocycles. The maximum atomic E-state index is 6.32. The minimum absolute atomic E-state index is 0.279. The van der Waals surface area contributed by atoms with E-state index in [1.54, 1.807) is 0 Å². The number of nitrogens with zero attached hydrogens (tertiary/aromatic N) is 2. The third-order valence-electron chi connectivity index (χ3n) is 4.50. The van der Waals surface area contributed by atoms with Gasteiger partial charge in [0.15, 0.2) is 0 Å². The van der Waals surface area contributed by atoms with Crippen molar-refractivity contribution in [2.45, 2.75) is 31.3 Å². The summed E-state index contributed by atoms with van der Waals surface area (Å²) in [6, 6.07) is 7.60. The number of anilines is 1. The third kappa shape index (κ3) is 1.91. The van der Waals surface area contributed by atoms with Crippen LogP contribution in [-0.4, -0.2) is 38.1 Å². The Morgan fingerprint density at radius 3 is 2.83 bits per heavy atom. The molecule has 0 amide bonds. The minimum Gasteiger partial charge on any atom is -0.374 e. The molecule has 0 aromatic heterocycles. The molecule has 2 aliphatic heterocycles. The van der Waals surface area contributed by atoms with E-state index in [2.05, 4.69) is 42.1 Å². The number of benzene rings is 1. The molecule has 3 rings (SSSR count). The van der Waals surface area contributed by atoms with Crippen molar-refractivity contribution in [3.05, 3.63) is 29.3 Å². The lowest BCUT2D eigenvalue weighted by atomic mass is 9.90. The van der Waals surface area contributed by atoms with Gasteiger partial charge in [-0.05, 0) is 50.0 Å². The molecule has 1 saturated heterocycles. The standard InChI is InChI=1S/C15H23N3/c1-17-9-7-11-10-12(5-6-14(11)17)15-13(16)4-3-8-18(15)2/h5-6,10,13,15H,3-4,7-9,16H2,1-2H3. The Kier molecular flexibility index (Phi) is 3.04. The highest BCUT2D eigenvalue weighted by molar-refractivity contribution is 5.58. The monoisotopic (exact) mass is 245 g/mol. The van der Waals surface area contributed by atoms with Crippen LogP contribution in [0.25, 0.3) is 0 Å². The van der Waals surface area contributed by atoms with E-state index < -0.39 is 0 Å². The Morgan fingerprint density at radius 1 is 1.22 bits per heavy atom. The van der Waals surface area contributed by atoms with Gasteiger partial charge in [0.1, 0.15) is 0 Å². The van der Waals surface area contributed by atoms with Gasteiger partial charge in [-0.2, -0.15) is 0 Å². The molecule has 2 heterocycles. The summed E-state index contributed by atoms with van der Waals surface area (Å²) in [4.78, 5) is 4.75. The number of hydrogen-bond donors (Lipinski definition) is 1. The number of rotatable bonds is 1. The predicted octanol–water partition coefficient (Wildman–Crippen LogP) is 1.77. The maximum Gasteiger partial charge on any atom is 0.0496 e. The first-order valence-electron chi connectivity index (χ1n) is 6.96. The highest BCUT2D eigenvalue weighted by Gasteiger charge is 2.28. The number of likely N-dealkylation sites (N-methyl/N-ethyl adjacent to an activating group) is 2. The number of nitrogens with two attached hydrogens (primary N) is 1. The Bertz CT molecular complexity index is 433. The lowest BCUT2D eigenvalue weighted by Crippen LogP contribution is -2.43. The van der Waals surface area contributed by atoms with E-state index >= 15 is 0 Å². The zero-order valence-electron chi connectivity index (χ0n) is 11.4. The van der Waals surface area contributed by atoms with Crippen LogP contribution in [0.15, 0.2) is 18.2 Å². The van der Waals surface area contributed by atoms with Gasteiger partial charge < -0.3 is 10.6 Å². The molecule has 3 heteroatoms. The fourth-order valence-corrected chi connectivity index (χ4v) is 3.47. The molecule has 2 N–H and O–H groups in total. The fourth-order valence-electron chi connectivity index (χ4n) is 3.47. The van der Waals surface area contributed by atoms with E-state index in [0.29, 0.717) is 6.04 Å². The van der Waals surface area contributed by atoms with Crippen molar-refractivity contribution >= 4 is 5.69 Å². The Labute approximate surface area is 110 Å². The smallest absolute Gasteiger partial charge is 0.0496 e. The molecule has 2 aliphatic rings. The highest BCUT2D eigenvalue weighted by Crippen LogP contribution is 2.34. The van der Waals surface area contributed by atoms with Gasteiger partial charge in [-0.15, -0.1) is 0 Å². The molecule has 0 aliphatic carbocycles. The summed E-state index contributed by atoms with van der Waals surface area (Å²) in [6.07, 6.45) is 3.54. The quantitative estimate of drug-likeness (QED) is 0.818. The summed E-state index contributed by atoms with van der Waals surface area (Å²) in [5, 5.41) is 0. The van der Waals surface area contributed by atoms with Crippen LogP contribution in [0.5, 0.6) is 0 Å². The van der Waals surface area contributed by atoms with Crippen LogP contribution >= 0.6 is 0 Å². The topological polar surface area (TPSA) is 32.5 Å². The summed E-state index contributed by atoms with van der Waals surface area (Å²) in [7, 11) is 4.37. The van der Waals surface area contributed by atoms with E-state index in [0.717, 1.165) is 19.5 Å². The van der Waals surface area contributed by atoms with E-state index in [4.69, 9.17) is 5.73 Å². The Hall–Kier alpha value is -1.06. The second-order valence-corrected chi connectivity index (χ2v) is 5.79. The van der Waals surface area contributed by atoms with Gasteiger partial charge >= 0.3 is 0 Å². The van der Waals surface area contributed by atoms with Crippen molar-refractivity contribution < 1.29 is 0 Å². The Morgan fingerprint density at radius 2 is 2.06 bits per heavy atom. The van der Waals surface area contributed by atoms with Crippen LogP contribution in [0.2, 0.25) is 0 Å². The van der Waals surface area contributed by atoms with Gasteiger partial charge in [0, 0.05) is 31.4 Å². The van der Waals surface area contributed by atoms with Gasteiger partial charge in [0.2, 0.25) is 0 Å². The second kappa shape index (κ2) is 4.56. The van der Waals surface area contributed by atoms with Crippen molar-refractivity contribution in [3.8, 4) is 0 Å². The molecule has 2 unspecified atom stereocenters. The number of hydrogen-bond acceptors (Lipinski definition) is 3. The SMILES string of the molecule is CN1CCc2cc(C3C(N)CCCN3C)ccc21. The summed E-state index contributed by atoms with van der Waals surface area (Å²) < 4.78 is 0. The minimum atomic E-state index is 0.279. The number of piperidine rings is 1. The number of likely N-dealkylation sites (tertiary alicyclic amines) is 1. The van der Waals surface area contributed by atoms with Crippen LogP contribution in [0.1, 0.15) is 30.0 Å². The molecule has 1 aromatic rings. The van der Waals surface area contributed by atoms with Gasteiger partial charge in [-0.1, -0.05) is 12.1 Å². The summed E-state index contributed by atoms with van der Waals surface area (Å²) >= 11 is 0. The van der Waals surface area contributed by atoms with Crippen molar-refractivity contribution in [2.75, 3.05) is 32.1 Å². The van der Waals surface area contributed by atoms with Crippen molar-refractivity contribution in [3.63, 3.8) is 0 Å². The first-order chi connectivity index (χ1) is 8.66. The van der Waals surface area contributed by atoms with E-state index in [1.165, 1.54) is 29.7 Å². The van der Waals surface area contributed by atoms with Gasteiger partial charge in [0.25, 0.3) is 0 Å². The molecule has 0 radical (unpaired) electrons. The van der Waals surface area contributed by atoms with Crippen molar-refractivity contribution in [1.82, 2.24) is 4.90 Å². The van der Waals surface area contributed by atoms with Crippen LogP contribution < -0.4 is 10.6 Å². The molecule has 0 bridgehead atoms. The molecule has 3 nitrogen and oxygen atoms in total. The normalized spacial score (nSPS) is 28.5. The highest BCUT2D eigenvalue weighted by atomic mass is 15.2. The van der Waals surface area contributed by atoms with Crippen LogP contribution in [-0.2, 0) is 6.42 Å². The number of fused-ring (bicyclic) bond motifs is 1. The van der Waals surface area contributed by atoms with Crippen LogP contribution in [0.3, 0.4) is 0 Å². The molecule has 0 spiro atoms. The van der Waals surface area contributed by atoms with Crippen LogP contribution in [0.4, 0.5) is 5.69 Å². The van der Waals surface area contributed by atoms with Gasteiger partial charge in [0.05, 0.1) is 0 Å². The van der Waals surface area contributed by atoms with Crippen molar-refractivity contribution in [1.29, 1.82) is 0 Å². The predicted molar refractivity (Wildman–Crippen MR) is 76.0 cm³/mol. The summed E-state index contributed by atoms with van der Waals surface area (Å²) in [5.41, 5.74) is 10.6. The fraction of sp³-hybridized carbons (Fsp3) is 0.600. The average molecular weight is 245 g/mol. The molecule has 2 atom stereocenters. The lowest BCUT2D eigenvalue weighted by Gasteiger charge is -2.37. The molecule has 18 heavy (non-hydrogen) atoms. The van der Waals surface area contributed by atoms with Crippen LogP contribution in [0, 0.1) is 0 Å². The zero-order chi connectivity index (χ0) is 12.7. The second-order valence-electron chi connectivity index (χ2n) is 5.79. The maximum absolute atomic E-state index is 6.32. The molecule has 0 saturated carbocycles. The summed E-state index contributed by atoms with van der Waals surface area (Å²) in [5.74, 6) is 0. The largest absolute Gasteiger partial charge is 0.374 e. The lowest BCUT2D eigenvalue weighted by molar-refractivity contribution is 0.163. The molecular weight excluding hydrogens is 222 g/mol.